The van der Waals surface area contributed by atoms with E-state index in [1.54, 1.807) is 6.92 Å². The molecule has 6 atom stereocenters. The average molecular weight is 456 g/mol. The highest BCUT2D eigenvalue weighted by atomic mass is 32.2. The Hall–Kier alpha value is -1.23. The fraction of sp³-hybridized carbons (Fsp3) is 0.750. The van der Waals surface area contributed by atoms with Crippen molar-refractivity contribution in [3.63, 3.8) is 0 Å². The van der Waals surface area contributed by atoms with Gasteiger partial charge in [0.25, 0.3) is 0 Å². The van der Waals surface area contributed by atoms with Crippen LogP contribution in [0.4, 0.5) is 0 Å². The fourth-order valence-corrected chi connectivity index (χ4v) is 7.76. The molecule has 8 nitrogen and oxygen atoms in total. The van der Waals surface area contributed by atoms with Crippen LogP contribution in [0, 0.1) is 11.8 Å². The third-order valence-corrected chi connectivity index (χ3v) is 9.99. The number of aliphatic carboxylic acids is 1. The number of carbonyl (C=O) groups is 3. The average Bonchev–Trinajstić information content (AvgIpc) is 3.24. The van der Waals surface area contributed by atoms with Crippen molar-refractivity contribution in [2.45, 2.75) is 43.7 Å². The van der Waals surface area contributed by atoms with E-state index in [2.05, 4.69) is 11.6 Å². The monoisotopic (exact) mass is 455 g/mol. The fourth-order valence-electron chi connectivity index (χ4n) is 5.02. The first-order valence-corrected chi connectivity index (χ1v) is 13.3. The summed E-state index contributed by atoms with van der Waals surface area (Å²) in [6, 6.07) is -0.581. The maximum absolute atomic E-state index is 12.9. The summed E-state index contributed by atoms with van der Waals surface area (Å²) in [6.07, 6.45) is 2.05. The van der Waals surface area contributed by atoms with Crippen LogP contribution in [-0.2, 0) is 25.3 Å². The summed E-state index contributed by atoms with van der Waals surface area (Å²) in [4.78, 5) is 41.0. The SMILES string of the molecule is C[C@@H](O)[C@H]1C(=O)N2C(C(=O)[O-])=C(S[C@@H]3CN[C@H](C(=O)N4CC[S+](C)CC4)C3)[C@H](C)[C@H]12. The Kier molecular flexibility index (Phi) is 6.13. The first-order chi connectivity index (χ1) is 14.2. The van der Waals surface area contributed by atoms with E-state index >= 15 is 0 Å². The number of nitrogens with zero attached hydrogens (tertiary/aromatic N) is 2. The second-order valence-electron chi connectivity index (χ2n) is 8.71. The van der Waals surface area contributed by atoms with E-state index in [-0.39, 0.29) is 40.8 Å². The molecule has 0 unspecified atom stereocenters. The number of amides is 2. The lowest BCUT2D eigenvalue weighted by Gasteiger charge is -2.47. The van der Waals surface area contributed by atoms with Gasteiger partial charge in [-0.15, -0.1) is 11.8 Å². The van der Waals surface area contributed by atoms with Gasteiger partial charge in [0.05, 0.1) is 55.1 Å². The normalized spacial score (nSPS) is 35.5. The van der Waals surface area contributed by atoms with Crippen LogP contribution in [0.3, 0.4) is 0 Å². The van der Waals surface area contributed by atoms with Crippen LogP contribution < -0.4 is 10.4 Å². The Bertz CT molecular complexity index is 780. The zero-order valence-corrected chi connectivity index (χ0v) is 19.1. The molecule has 2 N–H and O–H groups in total. The number of aliphatic hydroxyl groups excluding tert-OH is 1. The van der Waals surface area contributed by atoms with Crippen LogP contribution in [0.5, 0.6) is 0 Å². The number of thioether (sulfide) groups is 1. The number of carbonyl (C=O) groups excluding carboxylic acids is 3. The van der Waals surface area contributed by atoms with Crippen molar-refractivity contribution in [3.05, 3.63) is 10.6 Å². The molecule has 0 aromatic rings. The lowest BCUT2D eigenvalue weighted by molar-refractivity contribution is -0.301. The molecule has 10 heteroatoms. The summed E-state index contributed by atoms with van der Waals surface area (Å²) in [7, 11) is 0.402. The van der Waals surface area contributed by atoms with Crippen LogP contribution in [0.25, 0.3) is 0 Å². The molecule has 4 rings (SSSR count). The molecule has 2 amide bonds. The van der Waals surface area contributed by atoms with E-state index in [9.17, 15) is 24.6 Å². The molecule has 0 saturated carbocycles. The minimum Gasteiger partial charge on any atom is -0.543 e. The van der Waals surface area contributed by atoms with Crippen molar-refractivity contribution in [1.82, 2.24) is 15.1 Å². The molecule has 166 valence electrons. The van der Waals surface area contributed by atoms with Gasteiger partial charge in [-0.2, -0.15) is 0 Å². The molecule has 4 aliphatic heterocycles. The Labute approximate surface area is 183 Å². The topological polar surface area (TPSA) is 113 Å². The molecule has 0 bridgehead atoms. The number of carboxylic acids is 1. The Morgan fingerprint density at radius 3 is 2.60 bits per heavy atom. The highest BCUT2D eigenvalue weighted by molar-refractivity contribution is 8.03. The number of hydrogen-bond acceptors (Lipinski definition) is 7. The highest BCUT2D eigenvalue weighted by Gasteiger charge is 2.59. The van der Waals surface area contributed by atoms with Crippen molar-refractivity contribution in [2.24, 2.45) is 11.8 Å². The molecule has 3 saturated heterocycles. The van der Waals surface area contributed by atoms with Gasteiger partial charge < -0.3 is 30.1 Å². The maximum atomic E-state index is 12.9. The van der Waals surface area contributed by atoms with Gasteiger partial charge in [-0.1, -0.05) is 6.92 Å². The number of rotatable bonds is 5. The van der Waals surface area contributed by atoms with Crippen LogP contribution in [0.2, 0.25) is 0 Å². The molecule has 4 heterocycles. The quantitative estimate of drug-likeness (QED) is 0.378. The van der Waals surface area contributed by atoms with Gasteiger partial charge in [-0.05, 0) is 24.2 Å². The molecule has 3 fully saturated rings. The van der Waals surface area contributed by atoms with Crippen molar-refractivity contribution in [3.8, 4) is 0 Å². The smallest absolute Gasteiger partial charge is 0.240 e. The second-order valence-corrected chi connectivity index (χ2v) is 12.4. The molecule has 0 radical (unpaired) electrons. The maximum Gasteiger partial charge on any atom is 0.240 e. The first-order valence-electron chi connectivity index (χ1n) is 10.4. The van der Waals surface area contributed by atoms with E-state index in [4.69, 9.17) is 0 Å². The minimum absolute atomic E-state index is 0.0511. The third-order valence-electron chi connectivity index (χ3n) is 6.72. The molecule has 0 spiro atoms. The summed E-state index contributed by atoms with van der Waals surface area (Å²) in [5.74, 6) is -0.209. The number of hydrogen-bond donors (Lipinski definition) is 2. The van der Waals surface area contributed by atoms with Crippen molar-refractivity contribution >= 4 is 40.4 Å². The second kappa shape index (κ2) is 8.37. The molecule has 0 aromatic heterocycles. The van der Waals surface area contributed by atoms with Crippen molar-refractivity contribution in [1.29, 1.82) is 0 Å². The van der Waals surface area contributed by atoms with Gasteiger partial charge in [0, 0.05) is 22.6 Å². The Morgan fingerprint density at radius 2 is 2.00 bits per heavy atom. The standard InChI is InChI=1S/C20H29N3O5S2/c1-10-15-14(11(2)24)19(26)23(15)16(20(27)28)17(10)29-12-8-13(21-9-12)18(25)22-4-6-30(3)7-5-22/h10-15,21,24H,4-9H2,1-3H3/t10-,11-,12+,13+,14-,15-/m1/s1. The van der Waals surface area contributed by atoms with Crippen LogP contribution >= 0.6 is 11.8 Å². The lowest BCUT2D eigenvalue weighted by atomic mass is 9.79. The number of fused-ring (bicyclic) bond motifs is 1. The number of β-lactam (4-membered cyclic amide) rings is 1. The number of aliphatic hydroxyl groups is 1. The molecule has 0 aliphatic carbocycles. The predicted octanol–water partition coefficient (Wildman–Crippen LogP) is -1.64. The van der Waals surface area contributed by atoms with Crippen LogP contribution in [0.1, 0.15) is 20.3 Å². The van der Waals surface area contributed by atoms with Gasteiger partial charge in [-0.25, -0.2) is 0 Å². The van der Waals surface area contributed by atoms with Gasteiger partial charge in [0.2, 0.25) is 11.8 Å². The van der Waals surface area contributed by atoms with Crippen molar-refractivity contribution in [2.75, 3.05) is 37.4 Å². The van der Waals surface area contributed by atoms with Gasteiger partial charge in [0.15, 0.2) is 0 Å². The molecular formula is C20H29N3O5S2. The predicted molar refractivity (Wildman–Crippen MR) is 114 cm³/mol. The molecule has 4 aliphatic rings. The summed E-state index contributed by atoms with van der Waals surface area (Å²) >= 11 is 1.44. The first kappa shape index (κ1) is 22.0. The van der Waals surface area contributed by atoms with Crippen molar-refractivity contribution < 1.29 is 24.6 Å². The largest absolute Gasteiger partial charge is 0.543 e. The summed E-state index contributed by atoms with van der Waals surface area (Å²) in [5, 5.41) is 25.1. The van der Waals surface area contributed by atoms with E-state index in [0.717, 1.165) is 24.6 Å². The molecule has 30 heavy (non-hydrogen) atoms. The number of nitrogens with one attached hydrogen (secondary N) is 1. The van der Waals surface area contributed by atoms with E-state index in [1.165, 1.54) is 16.7 Å². The summed E-state index contributed by atoms with van der Waals surface area (Å²) in [5.41, 5.74) is -0.0554. The van der Waals surface area contributed by atoms with E-state index < -0.39 is 18.0 Å². The lowest BCUT2D eigenvalue weighted by Crippen LogP contribution is -2.64. The zero-order valence-electron chi connectivity index (χ0n) is 17.5. The zero-order chi connectivity index (χ0) is 21.7. The third kappa shape index (κ3) is 3.65. The minimum atomic E-state index is -1.36. The van der Waals surface area contributed by atoms with Gasteiger partial charge in [-0.3, -0.25) is 9.59 Å². The molecule has 0 aromatic carbocycles. The number of carboxylic acid groups (broad SMARTS) is 1. The summed E-state index contributed by atoms with van der Waals surface area (Å²) in [6.45, 7) is 5.70. The Balaban J connectivity index is 1.43. The summed E-state index contributed by atoms with van der Waals surface area (Å²) < 4.78 is 0. The van der Waals surface area contributed by atoms with Crippen LogP contribution in [-0.4, -0.2) is 93.5 Å². The Morgan fingerprint density at radius 1 is 1.33 bits per heavy atom. The van der Waals surface area contributed by atoms with E-state index in [0.29, 0.717) is 28.8 Å². The van der Waals surface area contributed by atoms with Gasteiger partial charge >= 0.3 is 0 Å². The van der Waals surface area contributed by atoms with Gasteiger partial charge in [0.1, 0.15) is 11.5 Å². The van der Waals surface area contributed by atoms with Crippen LogP contribution in [0.15, 0.2) is 10.6 Å². The highest BCUT2D eigenvalue weighted by Crippen LogP contribution is 2.51. The van der Waals surface area contributed by atoms with E-state index in [1.807, 2.05) is 11.8 Å². The molecular weight excluding hydrogens is 426 g/mol.